The maximum atomic E-state index is 6.27. The van der Waals surface area contributed by atoms with Gasteiger partial charge < -0.3 is 5.73 Å². The van der Waals surface area contributed by atoms with Gasteiger partial charge in [0.1, 0.15) is 5.01 Å². The van der Waals surface area contributed by atoms with Gasteiger partial charge in [-0.15, -0.1) is 22.7 Å². The molecule has 98 valence electrons. The van der Waals surface area contributed by atoms with E-state index >= 15 is 0 Å². The van der Waals surface area contributed by atoms with E-state index in [1.54, 1.807) is 22.7 Å². The number of hydrogen-bond acceptors (Lipinski definition) is 4. The number of para-hydroxylation sites is 1. The van der Waals surface area contributed by atoms with Crippen LogP contribution < -0.4 is 5.73 Å². The van der Waals surface area contributed by atoms with E-state index in [1.807, 2.05) is 18.2 Å². The highest BCUT2D eigenvalue weighted by atomic mass is 79.9. The lowest BCUT2D eigenvalue weighted by molar-refractivity contribution is 0.725. The first-order valence-electron chi connectivity index (χ1n) is 5.68. The SMILES string of the molecule is NC(Cc1cc(Br)c(Br)s1)c1nc2ccccc2s1. The van der Waals surface area contributed by atoms with Crippen molar-refractivity contribution in [2.75, 3.05) is 0 Å². The molecule has 0 spiro atoms. The summed E-state index contributed by atoms with van der Waals surface area (Å²) in [5.74, 6) is 0. The third-order valence-electron chi connectivity index (χ3n) is 2.74. The Morgan fingerprint density at radius 3 is 2.68 bits per heavy atom. The number of hydrogen-bond donors (Lipinski definition) is 1. The Kier molecular flexibility index (Phi) is 4.05. The van der Waals surface area contributed by atoms with Crippen molar-refractivity contribution in [3.8, 4) is 0 Å². The van der Waals surface area contributed by atoms with Crippen molar-refractivity contribution in [3.05, 3.63) is 48.5 Å². The molecule has 0 radical (unpaired) electrons. The number of fused-ring (bicyclic) bond motifs is 1. The topological polar surface area (TPSA) is 38.9 Å². The average Bonchev–Trinajstić information content (AvgIpc) is 2.93. The van der Waals surface area contributed by atoms with Gasteiger partial charge >= 0.3 is 0 Å². The number of nitrogens with zero attached hydrogens (tertiary/aromatic N) is 1. The Morgan fingerprint density at radius 1 is 1.21 bits per heavy atom. The summed E-state index contributed by atoms with van der Waals surface area (Å²) in [6.07, 6.45) is 0.814. The molecule has 1 unspecified atom stereocenters. The van der Waals surface area contributed by atoms with E-state index in [-0.39, 0.29) is 6.04 Å². The molecular weight excluding hydrogens is 408 g/mol. The monoisotopic (exact) mass is 416 g/mol. The van der Waals surface area contributed by atoms with Gasteiger partial charge in [-0.3, -0.25) is 0 Å². The fraction of sp³-hybridized carbons (Fsp3) is 0.154. The molecule has 2 N–H and O–H groups in total. The Morgan fingerprint density at radius 2 is 2.00 bits per heavy atom. The molecule has 0 aliphatic rings. The van der Waals surface area contributed by atoms with E-state index in [1.165, 1.54) is 9.58 Å². The molecule has 0 amide bonds. The van der Waals surface area contributed by atoms with Crippen molar-refractivity contribution >= 4 is 64.8 Å². The van der Waals surface area contributed by atoms with Gasteiger partial charge in [0.15, 0.2) is 0 Å². The summed E-state index contributed by atoms with van der Waals surface area (Å²) in [7, 11) is 0. The van der Waals surface area contributed by atoms with Gasteiger partial charge in [-0.25, -0.2) is 4.98 Å². The van der Waals surface area contributed by atoms with Gasteiger partial charge in [0, 0.05) is 15.8 Å². The number of thiophene rings is 1. The molecule has 19 heavy (non-hydrogen) atoms. The van der Waals surface area contributed by atoms with Crippen LogP contribution in [0, 0.1) is 0 Å². The average molecular weight is 418 g/mol. The van der Waals surface area contributed by atoms with Gasteiger partial charge in [-0.2, -0.15) is 0 Å². The van der Waals surface area contributed by atoms with Crippen LogP contribution >= 0.6 is 54.5 Å². The normalized spacial score (nSPS) is 13.0. The van der Waals surface area contributed by atoms with Crippen molar-refractivity contribution < 1.29 is 0 Å². The van der Waals surface area contributed by atoms with Crippen LogP contribution in [0.25, 0.3) is 10.2 Å². The van der Waals surface area contributed by atoms with Crippen LogP contribution in [-0.4, -0.2) is 4.98 Å². The van der Waals surface area contributed by atoms with E-state index in [4.69, 9.17) is 5.73 Å². The maximum absolute atomic E-state index is 6.27. The van der Waals surface area contributed by atoms with Crippen LogP contribution in [0.4, 0.5) is 0 Å². The highest BCUT2D eigenvalue weighted by Crippen LogP contribution is 2.35. The number of rotatable bonds is 3. The Bertz CT molecular complexity index is 668. The second-order valence-electron chi connectivity index (χ2n) is 4.16. The number of thiazole rings is 1. The first kappa shape index (κ1) is 13.7. The molecule has 2 aromatic heterocycles. The van der Waals surface area contributed by atoms with Crippen LogP contribution in [0.2, 0.25) is 0 Å². The highest BCUT2D eigenvalue weighted by Gasteiger charge is 2.14. The van der Waals surface area contributed by atoms with E-state index in [0.717, 1.165) is 25.2 Å². The molecule has 1 aromatic carbocycles. The zero-order chi connectivity index (χ0) is 13.4. The summed E-state index contributed by atoms with van der Waals surface area (Å²) in [4.78, 5) is 5.87. The summed E-state index contributed by atoms with van der Waals surface area (Å²) in [6, 6.07) is 10.2. The Hall–Kier alpha value is -0.270. The lowest BCUT2D eigenvalue weighted by atomic mass is 10.2. The van der Waals surface area contributed by atoms with E-state index in [2.05, 4.69) is 49.0 Å². The van der Waals surface area contributed by atoms with E-state index in [9.17, 15) is 0 Å². The number of halogens is 2. The Balaban J connectivity index is 1.85. The summed E-state index contributed by atoms with van der Waals surface area (Å²) in [5, 5.41) is 1.00. The highest BCUT2D eigenvalue weighted by molar-refractivity contribution is 9.13. The molecule has 3 aromatic rings. The predicted octanol–water partition coefficient (Wildman–Crippen LogP) is 5.13. The molecule has 1 atom stereocenters. The van der Waals surface area contributed by atoms with Crippen LogP contribution in [0.1, 0.15) is 15.9 Å². The third kappa shape index (κ3) is 2.92. The predicted molar refractivity (Wildman–Crippen MR) is 90.0 cm³/mol. The molecule has 3 rings (SSSR count). The van der Waals surface area contributed by atoms with Gasteiger partial charge in [-0.1, -0.05) is 12.1 Å². The number of nitrogens with two attached hydrogens (primary N) is 1. The molecule has 2 heterocycles. The first-order valence-corrected chi connectivity index (χ1v) is 8.90. The number of benzene rings is 1. The number of aromatic nitrogens is 1. The summed E-state index contributed by atoms with van der Waals surface area (Å²) in [6.45, 7) is 0. The van der Waals surface area contributed by atoms with Gasteiger partial charge in [0.25, 0.3) is 0 Å². The Labute approximate surface area is 135 Å². The zero-order valence-electron chi connectivity index (χ0n) is 9.77. The molecule has 0 saturated carbocycles. The smallest absolute Gasteiger partial charge is 0.111 e. The van der Waals surface area contributed by atoms with Crippen molar-refractivity contribution in [1.29, 1.82) is 0 Å². The quantitative estimate of drug-likeness (QED) is 0.641. The minimum absolute atomic E-state index is 0.0464. The molecule has 0 fully saturated rings. The zero-order valence-corrected chi connectivity index (χ0v) is 14.6. The van der Waals surface area contributed by atoms with Gasteiger partial charge in [0.2, 0.25) is 0 Å². The molecule has 0 aliphatic carbocycles. The summed E-state index contributed by atoms with van der Waals surface area (Å²) < 4.78 is 3.39. The molecule has 0 bridgehead atoms. The summed E-state index contributed by atoms with van der Waals surface area (Å²) in [5.41, 5.74) is 7.31. The van der Waals surface area contributed by atoms with E-state index < -0.39 is 0 Å². The third-order valence-corrected chi connectivity index (χ3v) is 7.19. The minimum Gasteiger partial charge on any atom is -0.322 e. The molecule has 6 heteroatoms. The summed E-state index contributed by atoms with van der Waals surface area (Å²) >= 11 is 10.4. The molecular formula is C13H10Br2N2S2. The molecule has 0 aliphatic heterocycles. The van der Waals surface area contributed by atoms with Gasteiger partial charge in [0.05, 0.1) is 20.0 Å². The minimum atomic E-state index is -0.0464. The van der Waals surface area contributed by atoms with Crippen molar-refractivity contribution in [2.45, 2.75) is 12.5 Å². The lowest BCUT2D eigenvalue weighted by Crippen LogP contribution is -2.12. The fourth-order valence-electron chi connectivity index (χ4n) is 1.84. The van der Waals surface area contributed by atoms with Crippen molar-refractivity contribution in [1.82, 2.24) is 4.98 Å². The van der Waals surface area contributed by atoms with Crippen LogP contribution in [0.5, 0.6) is 0 Å². The van der Waals surface area contributed by atoms with Crippen LogP contribution in [0.3, 0.4) is 0 Å². The van der Waals surface area contributed by atoms with Gasteiger partial charge in [-0.05, 0) is 50.1 Å². The molecule has 0 saturated heterocycles. The van der Waals surface area contributed by atoms with Crippen LogP contribution in [-0.2, 0) is 6.42 Å². The first-order chi connectivity index (χ1) is 9.13. The second-order valence-corrected chi connectivity index (χ2v) is 8.54. The molecule has 2 nitrogen and oxygen atoms in total. The second kappa shape index (κ2) is 5.61. The standard InChI is InChI=1S/C13H10Br2N2S2/c14-8-5-7(18-12(8)15)6-9(16)13-17-10-3-1-2-4-11(10)19-13/h1-5,9H,6,16H2. The maximum Gasteiger partial charge on any atom is 0.111 e. The van der Waals surface area contributed by atoms with Crippen LogP contribution in [0.15, 0.2) is 38.6 Å². The van der Waals surface area contributed by atoms with Crippen molar-refractivity contribution in [3.63, 3.8) is 0 Å². The van der Waals surface area contributed by atoms with E-state index in [0.29, 0.717) is 0 Å². The largest absolute Gasteiger partial charge is 0.322 e. The van der Waals surface area contributed by atoms with Crippen molar-refractivity contribution in [2.24, 2.45) is 5.73 Å². The lowest BCUT2D eigenvalue weighted by Gasteiger charge is -2.05. The fourth-order valence-corrected chi connectivity index (χ4v) is 5.05.